The first kappa shape index (κ1) is 32.7. The van der Waals surface area contributed by atoms with Crippen LogP contribution in [0.3, 0.4) is 0 Å². The lowest BCUT2D eigenvalue weighted by molar-refractivity contribution is 0.261. The second kappa shape index (κ2) is 14.7. The van der Waals surface area contributed by atoms with Crippen LogP contribution in [-0.2, 0) is 0 Å². The minimum Gasteiger partial charge on any atom is -0.497 e. The average molecular weight is 671 g/mol. The molecule has 4 aromatic carbocycles. The summed E-state index contributed by atoms with van der Waals surface area (Å²) in [5.41, 5.74) is 3.03. The summed E-state index contributed by atoms with van der Waals surface area (Å²) in [4.78, 5) is 50.5. The van der Waals surface area contributed by atoms with Gasteiger partial charge < -0.3 is 30.7 Å². The maximum absolute atomic E-state index is 13.0. The van der Waals surface area contributed by atoms with Crippen molar-refractivity contribution in [1.29, 1.82) is 0 Å². The van der Waals surface area contributed by atoms with Crippen LogP contribution in [-0.4, -0.2) is 39.1 Å². The molecule has 6 aromatic rings. The van der Waals surface area contributed by atoms with Crippen molar-refractivity contribution in [2.45, 2.75) is 6.92 Å². The fourth-order valence-corrected chi connectivity index (χ4v) is 4.80. The number of anilines is 4. The summed E-state index contributed by atoms with van der Waals surface area (Å²) in [6.45, 7) is 1.93. The van der Waals surface area contributed by atoms with E-state index in [1.807, 2.05) is 25.1 Å². The third-order valence-corrected chi connectivity index (χ3v) is 7.15. The lowest BCUT2D eigenvalue weighted by Gasteiger charge is -2.13. The SMILES string of the molecule is COc1ccc(NC(=O)Nc2cccc(-c3ccc(=O)n(-c4cc(=O)[nH]nc4Oc4ccc(NC(=O)Nc5cccc(C)c5)cc4)n3)c2)cc1. The summed E-state index contributed by atoms with van der Waals surface area (Å²) < 4.78 is 12.1. The van der Waals surface area contributed by atoms with Gasteiger partial charge in [-0.05, 0) is 91.3 Å². The van der Waals surface area contributed by atoms with Crippen LogP contribution < -0.4 is 41.9 Å². The van der Waals surface area contributed by atoms with Gasteiger partial charge in [-0.2, -0.15) is 9.78 Å². The maximum Gasteiger partial charge on any atom is 0.323 e. The van der Waals surface area contributed by atoms with Crippen LogP contribution in [0.4, 0.5) is 32.3 Å². The second-order valence-corrected chi connectivity index (χ2v) is 10.9. The van der Waals surface area contributed by atoms with E-state index < -0.39 is 23.2 Å². The number of nitrogens with one attached hydrogen (secondary N) is 5. The number of benzene rings is 4. The number of rotatable bonds is 9. The summed E-state index contributed by atoms with van der Waals surface area (Å²) in [5.74, 6) is 0.877. The van der Waals surface area contributed by atoms with Crippen molar-refractivity contribution in [2.75, 3.05) is 28.4 Å². The number of H-pyrrole nitrogens is 1. The maximum atomic E-state index is 13.0. The van der Waals surface area contributed by atoms with E-state index in [0.29, 0.717) is 45.5 Å². The van der Waals surface area contributed by atoms with Gasteiger partial charge in [0.25, 0.3) is 17.0 Å². The molecule has 0 radical (unpaired) electrons. The van der Waals surface area contributed by atoms with E-state index in [9.17, 15) is 19.2 Å². The Bertz CT molecular complexity index is 2290. The van der Waals surface area contributed by atoms with E-state index >= 15 is 0 Å². The quantitative estimate of drug-likeness (QED) is 0.117. The van der Waals surface area contributed by atoms with Crippen molar-refractivity contribution in [1.82, 2.24) is 20.0 Å². The monoisotopic (exact) mass is 670 g/mol. The van der Waals surface area contributed by atoms with E-state index in [0.717, 1.165) is 16.3 Å². The molecule has 0 fully saturated rings. The number of carbonyl (C=O) groups excluding carboxylic acids is 2. The summed E-state index contributed by atoms with van der Waals surface area (Å²) in [7, 11) is 1.56. The highest BCUT2D eigenvalue weighted by Gasteiger charge is 2.15. The van der Waals surface area contributed by atoms with Gasteiger partial charge in [-0.1, -0.05) is 24.3 Å². The molecule has 14 heteroatoms. The molecule has 0 aliphatic rings. The molecule has 0 bridgehead atoms. The molecule has 0 atom stereocenters. The molecular weight excluding hydrogens is 640 g/mol. The van der Waals surface area contributed by atoms with Crippen LogP contribution in [0.25, 0.3) is 16.9 Å². The number of hydrogen-bond acceptors (Lipinski definition) is 8. The van der Waals surface area contributed by atoms with Gasteiger partial charge in [0.1, 0.15) is 17.2 Å². The van der Waals surface area contributed by atoms with Crippen LogP contribution in [0.15, 0.2) is 125 Å². The fourth-order valence-electron chi connectivity index (χ4n) is 4.80. The number of amides is 4. The third kappa shape index (κ3) is 8.19. The minimum absolute atomic E-state index is 0.00603. The van der Waals surface area contributed by atoms with Gasteiger partial charge in [0.05, 0.1) is 12.8 Å². The molecule has 0 spiro atoms. The van der Waals surface area contributed by atoms with Crippen molar-refractivity contribution in [3.05, 3.63) is 142 Å². The largest absolute Gasteiger partial charge is 0.497 e. The van der Waals surface area contributed by atoms with Crippen LogP contribution in [0.5, 0.6) is 17.4 Å². The highest BCUT2D eigenvalue weighted by molar-refractivity contribution is 6.00. The highest BCUT2D eigenvalue weighted by atomic mass is 16.5. The minimum atomic E-state index is -0.584. The summed E-state index contributed by atoms with van der Waals surface area (Å²) >= 11 is 0. The average Bonchev–Trinajstić information content (AvgIpc) is 3.10. The van der Waals surface area contributed by atoms with Crippen LogP contribution in [0.2, 0.25) is 0 Å². The van der Waals surface area contributed by atoms with Crippen molar-refractivity contribution in [3.8, 4) is 34.3 Å². The van der Waals surface area contributed by atoms with Gasteiger partial charge in [-0.3, -0.25) is 9.59 Å². The highest BCUT2D eigenvalue weighted by Crippen LogP contribution is 2.26. The van der Waals surface area contributed by atoms with Crippen LogP contribution >= 0.6 is 0 Å². The van der Waals surface area contributed by atoms with E-state index in [4.69, 9.17) is 9.47 Å². The predicted molar refractivity (Wildman–Crippen MR) is 190 cm³/mol. The molecule has 0 unspecified atom stereocenters. The van der Waals surface area contributed by atoms with Crippen molar-refractivity contribution in [3.63, 3.8) is 0 Å². The van der Waals surface area contributed by atoms with E-state index in [1.54, 1.807) is 86.0 Å². The Hall–Kier alpha value is -7.22. The normalized spacial score (nSPS) is 10.5. The Labute approximate surface area is 284 Å². The van der Waals surface area contributed by atoms with Gasteiger partial charge >= 0.3 is 12.1 Å². The van der Waals surface area contributed by atoms with E-state index in [1.165, 1.54) is 12.1 Å². The van der Waals surface area contributed by atoms with E-state index in [2.05, 4.69) is 36.6 Å². The van der Waals surface area contributed by atoms with Gasteiger partial charge in [0, 0.05) is 40.4 Å². The molecule has 4 amide bonds. The fraction of sp³-hybridized carbons (Fsp3) is 0.0556. The van der Waals surface area contributed by atoms with Crippen LogP contribution in [0.1, 0.15) is 5.56 Å². The molecule has 250 valence electrons. The lowest BCUT2D eigenvalue weighted by atomic mass is 10.1. The topological polar surface area (TPSA) is 181 Å². The number of aryl methyl sites for hydroxylation is 1. The summed E-state index contributed by atoms with van der Waals surface area (Å²) in [5, 5.41) is 21.9. The van der Waals surface area contributed by atoms with Gasteiger partial charge in [-0.15, -0.1) is 5.10 Å². The second-order valence-electron chi connectivity index (χ2n) is 10.9. The Morgan fingerprint density at radius 1 is 0.680 bits per heavy atom. The number of aromatic amines is 1. The summed E-state index contributed by atoms with van der Waals surface area (Å²) in [6, 6.07) is 30.7. The number of nitrogens with zero attached hydrogens (tertiary/aromatic N) is 3. The molecular formula is C36H30N8O6. The molecule has 2 aromatic heterocycles. The van der Waals surface area contributed by atoms with E-state index in [-0.39, 0.29) is 11.6 Å². The molecule has 5 N–H and O–H groups in total. The first-order valence-electron chi connectivity index (χ1n) is 15.2. The Kier molecular flexibility index (Phi) is 9.61. The number of urea groups is 2. The first-order chi connectivity index (χ1) is 24.2. The van der Waals surface area contributed by atoms with Gasteiger partial charge in [0.15, 0.2) is 0 Å². The third-order valence-electron chi connectivity index (χ3n) is 7.15. The molecule has 50 heavy (non-hydrogen) atoms. The molecule has 0 aliphatic carbocycles. The lowest BCUT2D eigenvalue weighted by Crippen LogP contribution is -2.23. The standard InChI is InChI=1S/C36H30N8O6/c1-22-5-3-7-26(19-22)39-35(47)38-25-11-15-29(16-12-25)50-34-31(21-32(45)41-42-34)44-33(46)18-17-30(43-44)23-6-4-8-27(20-23)40-36(48)37-24-9-13-28(49-2)14-10-24/h3-21H,1-2H3,(H,41,45)(H2,37,40,48)(H2,38,39,47). The molecule has 0 saturated carbocycles. The number of hydrogen-bond donors (Lipinski definition) is 5. The van der Waals surface area contributed by atoms with Crippen molar-refractivity contribution >= 4 is 34.8 Å². The van der Waals surface area contributed by atoms with Crippen molar-refractivity contribution < 1.29 is 19.1 Å². The van der Waals surface area contributed by atoms with Crippen molar-refractivity contribution in [2.24, 2.45) is 0 Å². The first-order valence-corrected chi connectivity index (χ1v) is 15.2. The Morgan fingerprint density at radius 3 is 1.92 bits per heavy atom. The number of carbonyl (C=O) groups is 2. The zero-order valence-corrected chi connectivity index (χ0v) is 26.8. The number of ether oxygens (including phenoxy) is 2. The van der Waals surface area contributed by atoms with Gasteiger partial charge in [-0.25, -0.2) is 14.7 Å². The van der Waals surface area contributed by atoms with Crippen LogP contribution in [0, 0.1) is 6.92 Å². The summed E-state index contributed by atoms with van der Waals surface area (Å²) in [6.07, 6.45) is 0. The molecule has 2 heterocycles. The smallest absolute Gasteiger partial charge is 0.323 e. The Balaban J connectivity index is 1.18. The number of methoxy groups -OCH3 is 1. The number of aromatic nitrogens is 4. The zero-order valence-electron chi connectivity index (χ0n) is 26.8. The van der Waals surface area contributed by atoms with Gasteiger partial charge in [0.2, 0.25) is 0 Å². The molecule has 6 rings (SSSR count). The molecule has 0 saturated heterocycles. The molecule has 0 aliphatic heterocycles. The Morgan fingerprint density at radius 2 is 1.28 bits per heavy atom. The molecule has 14 nitrogen and oxygen atoms in total. The zero-order chi connectivity index (χ0) is 35.0. The predicted octanol–water partition coefficient (Wildman–Crippen LogP) is 6.38.